The monoisotopic (exact) mass is 640 g/mol. The van der Waals surface area contributed by atoms with E-state index >= 15 is 0 Å². The molecule has 250 valence electrons. The molecule has 1 saturated heterocycles. The van der Waals surface area contributed by atoms with Gasteiger partial charge in [0.15, 0.2) is 6.29 Å². The third-order valence-electron chi connectivity index (χ3n) is 9.02. The first-order valence-corrected chi connectivity index (χ1v) is 16.8. The average molecular weight is 641 g/mol. The molecule has 47 heavy (non-hydrogen) atoms. The number of nitrogens with zero attached hydrogens (tertiary/aromatic N) is 1. The van der Waals surface area contributed by atoms with E-state index in [1.54, 1.807) is 12.1 Å². The highest BCUT2D eigenvalue weighted by atomic mass is 16.7. The van der Waals surface area contributed by atoms with Crippen molar-refractivity contribution in [1.29, 1.82) is 0 Å². The fraction of sp³-hybridized carbons (Fsp3) is 0.421. The second-order valence-corrected chi connectivity index (χ2v) is 12.5. The van der Waals surface area contributed by atoms with Gasteiger partial charge >= 0.3 is 0 Å². The molecule has 3 unspecified atom stereocenters. The first-order valence-electron chi connectivity index (χ1n) is 16.8. The van der Waals surface area contributed by atoms with Crippen LogP contribution in [-0.2, 0) is 25.7 Å². The topological polar surface area (TPSA) is 126 Å². The van der Waals surface area contributed by atoms with Gasteiger partial charge in [-0.1, -0.05) is 67.4 Å². The van der Waals surface area contributed by atoms with E-state index in [1.807, 2.05) is 66.7 Å². The molecular formula is C38H48N4O5. The second-order valence-electron chi connectivity index (χ2n) is 12.5. The van der Waals surface area contributed by atoms with Crippen molar-refractivity contribution >= 4 is 28.9 Å². The number of para-hydroxylation sites is 2. The van der Waals surface area contributed by atoms with Crippen LogP contribution in [0.5, 0.6) is 0 Å². The van der Waals surface area contributed by atoms with Gasteiger partial charge in [0.25, 0.3) is 0 Å². The number of rotatable bonds is 15. The Hall–Kier alpha value is -4.02. The summed E-state index contributed by atoms with van der Waals surface area (Å²) in [6, 6.07) is 23.2. The summed E-state index contributed by atoms with van der Waals surface area (Å²) in [5.74, 6) is -0.221. The minimum absolute atomic E-state index is 0.00277. The number of benzene rings is 3. The molecule has 1 saturated carbocycles. The zero-order chi connectivity index (χ0) is 33.0. The molecule has 1 heterocycles. The lowest BCUT2D eigenvalue weighted by Crippen LogP contribution is -2.43. The number of hydrogen-bond acceptors (Lipinski definition) is 7. The first kappa shape index (κ1) is 34.3. The summed E-state index contributed by atoms with van der Waals surface area (Å²) in [5.41, 5.74) is 10.5. The highest BCUT2D eigenvalue weighted by Gasteiger charge is 2.34. The number of aliphatic hydroxyl groups excluding tert-OH is 1. The number of aliphatic hydroxyl groups is 1. The van der Waals surface area contributed by atoms with Crippen LogP contribution >= 0.6 is 0 Å². The van der Waals surface area contributed by atoms with E-state index in [2.05, 4.69) is 22.1 Å². The molecule has 1 aliphatic carbocycles. The van der Waals surface area contributed by atoms with Crippen molar-refractivity contribution in [2.45, 2.75) is 88.9 Å². The van der Waals surface area contributed by atoms with E-state index < -0.39 is 6.29 Å². The highest BCUT2D eigenvalue weighted by Crippen LogP contribution is 2.39. The summed E-state index contributed by atoms with van der Waals surface area (Å²) < 4.78 is 13.1. The molecule has 0 radical (unpaired) electrons. The van der Waals surface area contributed by atoms with Crippen molar-refractivity contribution in [3.63, 3.8) is 0 Å². The van der Waals surface area contributed by atoms with E-state index in [0.717, 1.165) is 36.2 Å². The minimum Gasteiger partial charge on any atom is -0.397 e. The van der Waals surface area contributed by atoms with E-state index in [0.29, 0.717) is 48.8 Å². The lowest BCUT2D eigenvalue weighted by atomic mass is 9.99. The number of nitrogens with one attached hydrogen (secondary N) is 2. The number of hydrogen-bond donors (Lipinski definition) is 4. The van der Waals surface area contributed by atoms with E-state index in [1.165, 1.54) is 25.7 Å². The first-order chi connectivity index (χ1) is 22.9. The Morgan fingerprint density at radius 2 is 1.55 bits per heavy atom. The van der Waals surface area contributed by atoms with Gasteiger partial charge in [-0.3, -0.25) is 14.5 Å². The summed E-state index contributed by atoms with van der Waals surface area (Å²) in [7, 11) is 0. The zero-order valence-electron chi connectivity index (χ0n) is 27.1. The van der Waals surface area contributed by atoms with E-state index in [-0.39, 0.29) is 30.6 Å². The highest BCUT2D eigenvalue weighted by molar-refractivity contribution is 5.94. The van der Waals surface area contributed by atoms with Gasteiger partial charge in [-0.25, -0.2) is 0 Å². The Bertz CT molecular complexity index is 1460. The van der Waals surface area contributed by atoms with Crippen LogP contribution < -0.4 is 16.4 Å². The predicted molar refractivity (Wildman–Crippen MR) is 185 cm³/mol. The number of carbonyl (C=O) groups excluding carboxylic acids is 2. The van der Waals surface area contributed by atoms with Crippen LogP contribution in [0, 0.1) is 0 Å². The standard InChI is InChI=1S/C38H48N4O5/c1-2-23-42(31-9-3-4-10-31)25-32-24-35(28-17-15-27(26-43)16-18-28)47-38(46-32)29-19-21-30(22-20-29)40-36(44)13-7-8-14-37(45)41-34-12-6-5-11-33(34)39/h2,5-6,11-12,15-22,31-32,35,38,43H,1,3-4,7-10,13-14,23-26,39H2,(H,40,44)(H,41,45). The van der Waals surface area contributed by atoms with Crippen molar-refractivity contribution in [1.82, 2.24) is 4.90 Å². The van der Waals surface area contributed by atoms with Crippen molar-refractivity contribution in [2.75, 3.05) is 29.5 Å². The maximum atomic E-state index is 12.6. The predicted octanol–water partition coefficient (Wildman–Crippen LogP) is 6.87. The normalized spacial score (nSPS) is 19.8. The molecule has 5 N–H and O–H groups in total. The molecule has 2 fully saturated rings. The van der Waals surface area contributed by atoms with Crippen LogP contribution in [0.4, 0.5) is 17.1 Å². The molecule has 3 aromatic rings. The Balaban J connectivity index is 1.16. The number of unbranched alkanes of at least 4 members (excludes halogenated alkanes) is 1. The number of carbonyl (C=O) groups is 2. The number of anilines is 3. The smallest absolute Gasteiger partial charge is 0.224 e. The number of amides is 2. The van der Waals surface area contributed by atoms with E-state index in [4.69, 9.17) is 15.2 Å². The van der Waals surface area contributed by atoms with Gasteiger partial charge in [-0.05, 0) is 61.1 Å². The molecule has 2 aliphatic rings. The molecule has 3 aromatic carbocycles. The fourth-order valence-corrected chi connectivity index (χ4v) is 6.44. The summed E-state index contributed by atoms with van der Waals surface area (Å²) in [5, 5.41) is 15.3. The van der Waals surface area contributed by atoms with Crippen LogP contribution in [0.1, 0.15) is 86.9 Å². The maximum absolute atomic E-state index is 12.6. The van der Waals surface area contributed by atoms with Crippen LogP contribution in [0.25, 0.3) is 0 Å². The van der Waals surface area contributed by atoms with Crippen LogP contribution in [0.2, 0.25) is 0 Å². The maximum Gasteiger partial charge on any atom is 0.224 e. The summed E-state index contributed by atoms with van der Waals surface area (Å²) in [6.07, 6.45) is 8.71. The number of ether oxygens (including phenoxy) is 2. The van der Waals surface area contributed by atoms with Gasteiger partial charge in [0, 0.05) is 49.6 Å². The molecule has 5 rings (SSSR count). The Morgan fingerprint density at radius 3 is 2.21 bits per heavy atom. The zero-order valence-corrected chi connectivity index (χ0v) is 27.1. The molecule has 2 amide bonds. The Labute approximate surface area is 278 Å². The van der Waals surface area contributed by atoms with Crippen LogP contribution in [0.15, 0.2) is 85.5 Å². The summed E-state index contributed by atoms with van der Waals surface area (Å²) in [6.45, 7) is 5.64. The van der Waals surface area contributed by atoms with Gasteiger partial charge < -0.3 is 30.9 Å². The summed E-state index contributed by atoms with van der Waals surface area (Å²) in [4.78, 5) is 27.4. The van der Waals surface area contributed by atoms with Gasteiger partial charge in [-0.15, -0.1) is 6.58 Å². The molecule has 0 aromatic heterocycles. The van der Waals surface area contributed by atoms with Crippen LogP contribution in [-0.4, -0.2) is 47.1 Å². The van der Waals surface area contributed by atoms with E-state index in [9.17, 15) is 14.7 Å². The van der Waals surface area contributed by atoms with Crippen LogP contribution in [0.3, 0.4) is 0 Å². The summed E-state index contributed by atoms with van der Waals surface area (Å²) >= 11 is 0. The molecule has 1 aliphatic heterocycles. The third kappa shape index (κ3) is 9.98. The van der Waals surface area contributed by atoms with Crippen molar-refractivity contribution in [3.8, 4) is 0 Å². The van der Waals surface area contributed by atoms with Gasteiger partial charge in [-0.2, -0.15) is 0 Å². The van der Waals surface area contributed by atoms with Gasteiger partial charge in [0.2, 0.25) is 11.8 Å². The Morgan fingerprint density at radius 1 is 0.894 bits per heavy atom. The molecule has 3 atom stereocenters. The fourth-order valence-electron chi connectivity index (χ4n) is 6.44. The van der Waals surface area contributed by atoms with Gasteiger partial charge in [0.1, 0.15) is 0 Å². The average Bonchev–Trinajstić information content (AvgIpc) is 3.63. The van der Waals surface area contributed by atoms with Crippen molar-refractivity contribution in [2.24, 2.45) is 0 Å². The number of nitrogen functional groups attached to an aromatic ring is 1. The number of nitrogens with two attached hydrogens (primary N) is 1. The van der Waals surface area contributed by atoms with Crippen molar-refractivity contribution < 1.29 is 24.2 Å². The van der Waals surface area contributed by atoms with Gasteiger partial charge in [0.05, 0.1) is 30.2 Å². The lowest BCUT2D eigenvalue weighted by molar-refractivity contribution is -0.253. The quantitative estimate of drug-likeness (QED) is 0.0811. The lowest BCUT2D eigenvalue weighted by Gasteiger charge is -2.39. The molecule has 9 heteroatoms. The molecular weight excluding hydrogens is 592 g/mol. The molecule has 9 nitrogen and oxygen atoms in total. The molecule has 0 spiro atoms. The Kier molecular flexibility index (Phi) is 12.6. The SMILES string of the molecule is C=CCN(CC1CC(c2ccc(CO)cc2)OC(c2ccc(NC(=O)CCCCC(=O)Nc3ccccc3N)cc2)O1)C1CCCC1. The molecule has 0 bridgehead atoms. The largest absolute Gasteiger partial charge is 0.397 e. The van der Waals surface area contributed by atoms with Crippen molar-refractivity contribution in [3.05, 3.63) is 102 Å². The minimum atomic E-state index is -0.562. The third-order valence-corrected chi connectivity index (χ3v) is 9.02. The second kappa shape index (κ2) is 17.2.